The molecular formula is C24H34N2O3. The SMILES string of the molecule is C=CC1CC(=O)CCN1.C=CC1CC(=O)CCN1Cc1cccc(OC(C)C)c1. The third-order valence-corrected chi connectivity index (χ3v) is 5.05. The lowest BCUT2D eigenvalue weighted by molar-refractivity contribution is -0.122. The molecule has 2 aliphatic heterocycles. The van der Waals surface area contributed by atoms with Crippen LogP contribution in [0.5, 0.6) is 5.75 Å². The van der Waals surface area contributed by atoms with Gasteiger partial charge in [0.1, 0.15) is 17.3 Å². The number of carbonyl (C=O) groups excluding carboxylic acids is 2. The first-order chi connectivity index (χ1) is 13.9. The van der Waals surface area contributed by atoms with Crippen LogP contribution in [-0.2, 0) is 16.1 Å². The second-order valence-electron chi connectivity index (χ2n) is 7.87. The van der Waals surface area contributed by atoms with Gasteiger partial charge in [-0.3, -0.25) is 14.5 Å². The van der Waals surface area contributed by atoms with E-state index in [-0.39, 0.29) is 18.2 Å². The first kappa shape index (κ1) is 23.0. The monoisotopic (exact) mass is 398 g/mol. The third-order valence-electron chi connectivity index (χ3n) is 5.05. The molecule has 1 N–H and O–H groups in total. The molecule has 1 aromatic carbocycles. The van der Waals surface area contributed by atoms with Crippen molar-refractivity contribution < 1.29 is 14.3 Å². The zero-order valence-electron chi connectivity index (χ0n) is 17.7. The van der Waals surface area contributed by atoms with Crippen LogP contribution in [0.15, 0.2) is 49.6 Å². The highest BCUT2D eigenvalue weighted by Crippen LogP contribution is 2.21. The maximum atomic E-state index is 11.5. The molecule has 3 rings (SSSR count). The van der Waals surface area contributed by atoms with Gasteiger partial charge < -0.3 is 10.1 Å². The van der Waals surface area contributed by atoms with Crippen molar-refractivity contribution in [1.29, 1.82) is 0 Å². The summed E-state index contributed by atoms with van der Waals surface area (Å²) in [4.78, 5) is 24.6. The van der Waals surface area contributed by atoms with Gasteiger partial charge in [0.15, 0.2) is 0 Å². The normalized spacial score (nSPS) is 22.6. The number of ether oxygens (including phenoxy) is 1. The first-order valence-electron chi connectivity index (χ1n) is 10.4. The summed E-state index contributed by atoms with van der Waals surface area (Å²) in [6, 6.07) is 8.57. The zero-order valence-corrected chi connectivity index (χ0v) is 17.7. The highest BCUT2D eigenvalue weighted by atomic mass is 16.5. The number of rotatable bonds is 6. The van der Waals surface area contributed by atoms with Crippen LogP contribution in [-0.4, -0.2) is 47.7 Å². The molecule has 2 aliphatic rings. The van der Waals surface area contributed by atoms with E-state index in [9.17, 15) is 9.59 Å². The van der Waals surface area contributed by atoms with E-state index in [2.05, 4.69) is 35.5 Å². The number of Topliss-reactive ketones (excluding diaryl/α,β-unsaturated/α-hetero) is 2. The predicted molar refractivity (Wildman–Crippen MR) is 117 cm³/mol. The molecule has 5 nitrogen and oxygen atoms in total. The number of nitrogens with zero attached hydrogens (tertiary/aromatic N) is 1. The molecule has 2 atom stereocenters. The van der Waals surface area contributed by atoms with Gasteiger partial charge in [-0.15, -0.1) is 13.2 Å². The summed E-state index contributed by atoms with van der Waals surface area (Å²) >= 11 is 0. The van der Waals surface area contributed by atoms with Crippen LogP contribution in [0.4, 0.5) is 0 Å². The summed E-state index contributed by atoms with van der Waals surface area (Å²) in [5.74, 6) is 1.59. The van der Waals surface area contributed by atoms with Crippen LogP contribution in [0.25, 0.3) is 0 Å². The van der Waals surface area contributed by atoms with Crippen molar-refractivity contribution in [3.8, 4) is 5.75 Å². The molecule has 0 radical (unpaired) electrons. The summed E-state index contributed by atoms with van der Waals surface area (Å²) in [5, 5.41) is 3.16. The van der Waals surface area contributed by atoms with E-state index in [4.69, 9.17) is 4.74 Å². The Bertz CT molecular complexity index is 714. The predicted octanol–water partition coefficient (Wildman–Crippen LogP) is 3.69. The fourth-order valence-corrected chi connectivity index (χ4v) is 3.53. The molecule has 0 aromatic heterocycles. The molecule has 0 amide bonds. The summed E-state index contributed by atoms with van der Waals surface area (Å²) < 4.78 is 5.72. The Kier molecular flexibility index (Phi) is 9.29. The second kappa shape index (κ2) is 11.7. The minimum absolute atomic E-state index is 0.158. The van der Waals surface area contributed by atoms with Gasteiger partial charge in [-0.1, -0.05) is 24.3 Å². The van der Waals surface area contributed by atoms with Crippen LogP contribution in [0.2, 0.25) is 0 Å². The smallest absolute Gasteiger partial charge is 0.136 e. The Morgan fingerprint density at radius 3 is 2.55 bits per heavy atom. The molecule has 29 heavy (non-hydrogen) atoms. The van der Waals surface area contributed by atoms with Crippen LogP contribution >= 0.6 is 0 Å². The number of likely N-dealkylation sites (tertiary alicyclic amines) is 1. The average molecular weight is 399 g/mol. The lowest BCUT2D eigenvalue weighted by atomic mass is 10.00. The minimum Gasteiger partial charge on any atom is -0.491 e. The number of piperidine rings is 2. The number of carbonyl (C=O) groups is 2. The van der Waals surface area contributed by atoms with E-state index in [0.717, 1.165) is 25.4 Å². The Morgan fingerprint density at radius 2 is 1.93 bits per heavy atom. The molecule has 0 saturated carbocycles. The van der Waals surface area contributed by atoms with E-state index in [1.165, 1.54) is 5.56 Å². The topological polar surface area (TPSA) is 58.6 Å². The molecular weight excluding hydrogens is 364 g/mol. The molecule has 0 bridgehead atoms. The number of benzene rings is 1. The number of nitrogens with one attached hydrogen (secondary N) is 1. The van der Waals surface area contributed by atoms with Gasteiger partial charge in [0.25, 0.3) is 0 Å². The van der Waals surface area contributed by atoms with E-state index in [1.807, 2.05) is 32.1 Å². The maximum absolute atomic E-state index is 11.5. The van der Waals surface area contributed by atoms with Crippen molar-refractivity contribution in [2.45, 2.75) is 64.3 Å². The molecule has 2 unspecified atom stereocenters. The van der Waals surface area contributed by atoms with Gasteiger partial charge in [0.2, 0.25) is 0 Å². The lowest BCUT2D eigenvalue weighted by Gasteiger charge is -2.33. The van der Waals surface area contributed by atoms with Crippen molar-refractivity contribution in [1.82, 2.24) is 10.2 Å². The van der Waals surface area contributed by atoms with E-state index in [0.29, 0.717) is 37.2 Å². The van der Waals surface area contributed by atoms with Gasteiger partial charge in [-0.05, 0) is 31.5 Å². The second-order valence-corrected chi connectivity index (χ2v) is 7.87. The fourth-order valence-electron chi connectivity index (χ4n) is 3.53. The molecule has 158 valence electrons. The van der Waals surface area contributed by atoms with Crippen molar-refractivity contribution in [3.63, 3.8) is 0 Å². The van der Waals surface area contributed by atoms with Gasteiger partial charge in [0, 0.05) is 57.4 Å². The van der Waals surface area contributed by atoms with Crippen LogP contribution < -0.4 is 10.1 Å². The number of hydrogen-bond donors (Lipinski definition) is 1. The van der Waals surface area contributed by atoms with Crippen molar-refractivity contribution in [2.24, 2.45) is 0 Å². The minimum atomic E-state index is 0.158. The Hall–Kier alpha value is -2.24. The van der Waals surface area contributed by atoms with Gasteiger partial charge in [0.05, 0.1) is 6.10 Å². The zero-order chi connectivity index (χ0) is 21.2. The Morgan fingerprint density at radius 1 is 1.17 bits per heavy atom. The van der Waals surface area contributed by atoms with Gasteiger partial charge in [-0.25, -0.2) is 0 Å². The molecule has 2 saturated heterocycles. The number of ketones is 2. The molecule has 2 fully saturated rings. The van der Waals surface area contributed by atoms with E-state index < -0.39 is 0 Å². The summed E-state index contributed by atoms with van der Waals surface area (Å²) in [6.07, 6.45) is 6.40. The molecule has 1 aromatic rings. The van der Waals surface area contributed by atoms with Gasteiger partial charge in [-0.2, -0.15) is 0 Å². The standard InChI is InChI=1S/C17H23NO2.C7H11NO/c1-4-15-11-16(19)8-9-18(15)12-14-6-5-7-17(10-14)20-13(2)3;1-2-6-5-7(9)3-4-8-6/h4-7,10,13,15H,1,8-9,11-12H2,2-3H3;2,6,8H,1,3-5H2. The number of hydrogen-bond acceptors (Lipinski definition) is 5. The summed E-state index contributed by atoms with van der Waals surface area (Å²) in [5.41, 5.74) is 1.21. The lowest BCUT2D eigenvalue weighted by Crippen LogP contribution is -2.40. The summed E-state index contributed by atoms with van der Waals surface area (Å²) in [6.45, 7) is 14.0. The largest absolute Gasteiger partial charge is 0.491 e. The van der Waals surface area contributed by atoms with Crippen LogP contribution in [0.3, 0.4) is 0 Å². The maximum Gasteiger partial charge on any atom is 0.136 e. The van der Waals surface area contributed by atoms with E-state index >= 15 is 0 Å². The van der Waals surface area contributed by atoms with Crippen molar-refractivity contribution in [3.05, 3.63) is 55.1 Å². The molecule has 0 spiro atoms. The van der Waals surface area contributed by atoms with Gasteiger partial charge >= 0.3 is 0 Å². The van der Waals surface area contributed by atoms with Crippen molar-refractivity contribution >= 4 is 11.6 Å². The Balaban J connectivity index is 0.000000278. The van der Waals surface area contributed by atoms with Crippen LogP contribution in [0, 0.1) is 0 Å². The molecule has 2 heterocycles. The fraction of sp³-hybridized carbons (Fsp3) is 0.500. The third kappa shape index (κ3) is 7.95. The highest BCUT2D eigenvalue weighted by molar-refractivity contribution is 5.80. The highest BCUT2D eigenvalue weighted by Gasteiger charge is 2.24. The quantitative estimate of drug-likeness (QED) is 0.741. The average Bonchev–Trinajstić information content (AvgIpc) is 2.69. The molecule has 5 heteroatoms. The molecule has 0 aliphatic carbocycles. The van der Waals surface area contributed by atoms with E-state index in [1.54, 1.807) is 6.08 Å². The first-order valence-corrected chi connectivity index (χ1v) is 10.4. The van der Waals surface area contributed by atoms with Crippen molar-refractivity contribution in [2.75, 3.05) is 13.1 Å². The van der Waals surface area contributed by atoms with Crippen LogP contribution in [0.1, 0.15) is 45.1 Å². The summed E-state index contributed by atoms with van der Waals surface area (Å²) in [7, 11) is 0. The Labute approximate surface area is 174 Å².